The van der Waals surface area contributed by atoms with E-state index in [-0.39, 0.29) is 12.4 Å². The van der Waals surface area contributed by atoms with Gasteiger partial charge in [-0.15, -0.1) is 0 Å². The number of ketones is 1. The summed E-state index contributed by atoms with van der Waals surface area (Å²) in [7, 11) is 4.64. The monoisotopic (exact) mass is 475 g/mol. The third kappa shape index (κ3) is 4.46. The molecular formula is C28H29NO6. The predicted octanol–water partition coefficient (Wildman–Crippen LogP) is 4.76. The molecule has 2 aromatic carbocycles. The Morgan fingerprint density at radius 3 is 2.26 bits per heavy atom. The molecule has 35 heavy (non-hydrogen) atoms. The number of esters is 1. The number of hydrogen-bond acceptors (Lipinski definition) is 7. The van der Waals surface area contributed by atoms with Gasteiger partial charge < -0.3 is 18.9 Å². The van der Waals surface area contributed by atoms with Gasteiger partial charge in [-0.3, -0.25) is 9.79 Å². The second-order valence-corrected chi connectivity index (χ2v) is 8.36. The van der Waals surface area contributed by atoms with E-state index in [2.05, 4.69) is 0 Å². The zero-order valence-electron chi connectivity index (χ0n) is 20.6. The van der Waals surface area contributed by atoms with Gasteiger partial charge in [0.2, 0.25) is 5.75 Å². The van der Waals surface area contributed by atoms with E-state index in [1.54, 1.807) is 47.3 Å². The fourth-order valence-electron chi connectivity index (χ4n) is 4.87. The van der Waals surface area contributed by atoms with Gasteiger partial charge in [-0.1, -0.05) is 30.3 Å². The van der Waals surface area contributed by atoms with Crippen molar-refractivity contribution in [1.82, 2.24) is 0 Å². The van der Waals surface area contributed by atoms with Gasteiger partial charge in [0.1, 0.15) is 0 Å². The Kier molecular flexibility index (Phi) is 7.05. The summed E-state index contributed by atoms with van der Waals surface area (Å²) in [5, 5.41) is 0. The fourth-order valence-corrected chi connectivity index (χ4v) is 4.87. The van der Waals surface area contributed by atoms with Crippen LogP contribution in [0.1, 0.15) is 37.3 Å². The second kappa shape index (κ2) is 10.2. The maximum atomic E-state index is 13.8. The third-order valence-corrected chi connectivity index (χ3v) is 6.36. The molecule has 4 rings (SSSR count). The molecule has 2 unspecified atom stereocenters. The van der Waals surface area contributed by atoms with Crippen molar-refractivity contribution in [2.75, 3.05) is 27.9 Å². The Morgan fingerprint density at radius 1 is 1.03 bits per heavy atom. The van der Waals surface area contributed by atoms with E-state index in [1.807, 2.05) is 36.4 Å². The summed E-state index contributed by atoms with van der Waals surface area (Å²) in [6, 6.07) is 13.2. The lowest BCUT2D eigenvalue weighted by Gasteiger charge is -2.29. The number of rotatable bonds is 7. The molecular weight excluding hydrogens is 446 g/mol. The lowest BCUT2D eigenvalue weighted by molar-refractivity contribution is -0.139. The minimum Gasteiger partial charge on any atom is -0.493 e. The average Bonchev–Trinajstić information content (AvgIpc) is 3.17. The molecule has 0 radical (unpaired) electrons. The lowest BCUT2D eigenvalue weighted by Crippen LogP contribution is -2.32. The summed E-state index contributed by atoms with van der Waals surface area (Å²) in [6.07, 6.45) is 2.23. The Labute approximate surface area is 205 Å². The van der Waals surface area contributed by atoms with Gasteiger partial charge in [-0.05, 0) is 43.2 Å². The summed E-state index contributed by atoms with van der Waals surface area (Å²) in [5.74, 6) is -0.0191. The van der Waals surface area contributed by atoms with E-state index in [0.29, 0.717) is 40.5 Å². The van der Waals surface area contributed by atoms with E-state index in [1.165, 1.54) is 0 Å². The van der Waals surface area contributed by atoms with Crippen LogP contribution in [-0.4, -0.2) is 45.4 Å². The van der Waals surface area contributed by atoms with Crippen molar-refractivity contribution in [3.8, 4) is 17.2 Å². The molecule has 1 saturated carbocycles. The molecule has 0 N–H and O–H groups in total. The molecule has 1 aliphatic heterocycles. The predicted molar refractivity (Wildman–Crippen MR) is 133 cm³/mol. The summed E-state index contributed by atoms with van der Waals surface area (Å²) in [6.45, 7) is 3.82. The zero-order chi connectivity index (χ0) is 25.1. The van der Waals surface area contributed by atoms with Crippen LogP contribution in [0.4, 0.5) is 0 Å². The molecule has 0 amide bonds. The molecule has 182 valence electrons. The molecule has 0 saturated heterocycles. The standard InChI is InChI=1S/C28H29NO6/c1-6-35-28(31)23-16(2)29-20-15-19(26(30)25(20)24(23)18-10-8-7-9-11-18)12-17-13-21(32-3)27(34-5)22(14-17)33-4/h7-14,24-25H,6,15H2,1-5H3/b19-12-. The highest BCUT2D eigenvalue weighted by Crippen LogP contribution is 2.46. The van der Waals surface area contributed by atoms with Crippen LogP contribution in [0.25, 0.3) is 6.08 Å². The highest BCUT2D eigenvalue weighted by molar-refractivity contribution is 6.24. The topological polar surface area (TPSA) is 83.4 Å². The first-order chi connectivity index (χ1) is 16.9. The molecule has 1 aliphatic carbocycles. The van der Waals surface area contributed by atoms with Crippen molar-refractivity contribution in [2.45, 2.75) is 26.2 Å². The van der Waals surface area contributed by atoms with E-state index in [9.17, 15) is 9.59 Å². The number of benzene rings is 2. The van der Waals surface area contributed by atoms with E-state index in [4.69, 9.17) is 23.9 Å². The number of allylic oxidation sites excluding steroid dienone is 2. The highest BCUT2D eigenvalue weighted by atomic mass is 16.5. The van der Waals surface area contributed by atoms with Crippen LogP contribution < -0.4 is 14.2 Å². The molecule has 1 heterocycles. The first-order valence-corrected chi connectivity index (χ1v) is 11.5. The van der Waals surface area contributed by atoms with Crippen LogP contribution in [0.3, 0.4) is 0 Å². The molecule has 0 aromatic heterocycles. The number of nitrogens with zero attached hydrogens (tertiary/aromatic N) is 1. The summed E-state index contributed by atoms with van der Waals surface area (Å²) in [5.41, 5.74) is 4.03. The number of Topliss-reactive ketones (excluding diaryl/α,β-unsaturated/α-hetero) is 1. The van der Waals surface area contributed by atoms with Crippen LogP contribution in [0, 0.1) is 5.92 Å². The van der Waals surface area contributed by atoms with Crippen LogP contribution in [-0.2, 0) is 14.3 Å². The molecule has 1 fully saturated rings. The first-order valence-electron chi connectivity index (χ1n) is 11.5. The number of carbonyl (C=O) groups excluding carboxylic acids is 2. The smallest absolute Gasteiger partial charge is 0.336 e. The van der Waals surface area contributed by atoms with Crippen molar-refractivity contribution in [1.29, 1.82) is 0 Å². The van der Waals surface area contributed by atoms with Crippen LogP contribution >= 0.6 is 0 Å². The van der Waals surface area contributed by atoms with Crippen molar-refractivity contribution >= 4 is 23.5 Å². The quantitative estimate of drug-likeness (QED) is 0.424. The van der Waals surface area contributed by atoms with Gasteiger partial charge in [0, 0.05) is 29.3 Å². The van der Waals surface area contributed by atoms with Gasteiger partial charge in [0.25, 0.3) is 0 Å². The largest absolute Gasteiger partial charge is 0.493 e. The molecule has 0 bridgehead atoms. The van der Waals surface area contributed by atoms with Gasteiger partial charge in [0.05, 0.1) is 39.4 Å². The second-order valence-electron chi connectivity index (χ2n) is 8.36. The normalized spacial score (nSPS) is 20.4. The molecule has 2 aromatic rings. The summed E-state index contributed by atoms with van der Waals surface area (Å²) >= 11 is 0. The van der Waals surface area contributed by atoms with E-state index >= 15 is 0 Å². The molecule has 2 atom stereocenters. The number of ether oxygens (including phenoxy) is 4. The van der Waals surface area contributed by atoms with Crippen molar-refractivity contribution in [3.05, 3.63) is 70.4 Å². The maximum absolute atomic E-state index is 13.8. The average molecular weight is 476 g/mol. The van der Waals surface area contributed by atoms with Crippen molar-refractivity contribution in [3.63, 3.8) is 0 Å². The lowest BCUT2D eigenvalue weighted by atomic mass is 9.76. The van der Waals surface area contributed by atoms with Gasteiger partial charge >= 0.3 is 5.97 Å². The Hall–Kier alpha value is -3.87. The minimum absolute atomic E-state index is 0.0550. The van der Waals surface area contributed by atoms with Crippen LogP contribution in [0.15, 0.2) is 64.3 Å². The molecule has 7 nitrogen and oxygen atoms in total. The fraction of sp³-hybridized carbons (Fsp3) is 0.321. The van der Waals surface area contributed by atoms with Gasteiger partial charge in [-0.2, -0.15) is 0 Å². The Balaban J connectivity index is 1.79. The summed E-state index contributed by atoms with van der Waals surface area (Å²) in [4.78, 5) is 31.4. The van der Waals surface area contributed by atoms with Gasteiger partial charge in [-0.25, -0.2) is 4.79 Å². The van der Waals surface area contributed by atoms with Crippen molar-refractivity contribution in [2.24, 2.45) is 10.9 Å². The third-order valence-electron chi connectivity index (χ3n) is 6.36. The number of aliphatic imine (C=N–C) groups is 1. The molecule has 0 spiro atoms. The van der Waals surface area contributed by atoms with E-state index in [0.717, 1.165) is 16.8 Å². The number of methoxy groups -OCH3 is 3. The van der Waals surface area contributed by atoms with Crippen LogP contribution in [0.5, 0.6) is 17.2 Å². The van der Waals surface area contributed by atoms with E-state index < -0.39 is 17.8 Å². The number of carbonyl (C=O) groups is 2. The molecule has 2 aliphatic rings. The SMILES string of the molecule is CCOC(=O)C1=C(C)N=C2C/C(=C/c3cc(OC)c(OC)c(OC)c3)C(=O)C2C1c1ccccc1. The zero-order valence-corrected chi connectivity index (χ0v) is 20.6. The van der Waals surface area contributed by atoms with Crippen LogP contribution in [0.2, 0.25) is 0 Å². The number of hydrogen-bond donors (Lipinski definition) is 0. The highest BCUT2D eigenvalue weighted by Gasteiger charge is 2.47. The maximum Gasteiger partial charge on any atom is 0.336 e. The first kappa shape index (κ1) is 24.3. The molecule has 7 heteroatoms. The Bertz CT molecular complexity index is 1220. The van der Waals surface area contributed by atoms with Crippen molar-refractivity contribution < 1.29 is 28.5 Å². The Morgan fingerprint density at radius 2 is 1.69 bits per heavy atom. The minimum atomic E-state index is -0.561. The van der Waals surface area contributed by atoms with Gasteiger partial charge in [0.15, 0.2) is 17.3 Å². The summed E-state index contributed by atoms with van der Waals surface area (Å²) < 4.78 is 21.7. The number of fused-ring (bicyclic) bond motifs is 1.